The molecule has 0 fully saturated rings. The first-order valence-electron chi connectivity index (χ1n) is 4.58. The van der Waals surface area contributed by atoms with E-state index in [1.807, 2.05) is 0 Å². The first-order chi connectivity index (χ1) is 8.05. The quantitative estimate of drug-likeness (QED) is 0.822. The molecule has 1 rings (SSSR count). The lowest BCUT2D eigenvalue weighted by molar-refractivity contribution is -0.267. The van der Waals surface area contributed by atoms with Gasteiger partial charge in [0.1, 0.15) is 5.82 Å². The lowest BCUT2D eigenvalue weighted by Gasteiger charge is -2.19. The van der Waals surface area contributed by atoms with Crippen molar-refractivity contribution in [3.05, 3.63) is 29.6 Å². The third kappa shape index (κ3) is 2.74. The molecule has 0 aromatic heterocycles. The van der Waals surface area contributed by atoms with Gasteiger partial charge in [-0.2, -0.15) is 22.0 Å². The highest BCUT2D eigenvalue weighted by atomic mass is 19.4. The second-order valence-corrected chi connectivity index (χ2v) is 3.49. The van der Waals surface area contributed by atoms with Crippen LogP contribution in [0.1, 0.15) is 5.56 Å². The molecule has 8 heteroatoms. The molecule has 100 valence electrons. The van der Waals surface area contributed by atoms with Gasteiger partial charge in [-0.25, -0.2) is 4.39 Å². The van der Waals surface area contributed by atoms with E-state index in [0.29, 0.717) is 0 Å². The third-order valence-corrected chi connectivity index (χ3v) is 2.08. The van der Waals surface area contributed by atoms with Crippen molar-refractivity contribution in [1.82, 2.24) is 0 Å². The molecule has 0 saturated heterocycles. The van der Waals surface area contributed by atoms with Gasteiger partial charge in [-0.1, -0.05) is 0 Å². The van der Waals surface area contributed by atoms with Crippen molar-refractivity contribution < 1.29 is 31.1 Å². The molecule has 0 aliphatic heterocycles. The van der Waals surface area contributed by atoms with Crippen molar-refractivity contribution >= 4 is 11.6 Å². The smallest absolute Gasteiger partial charge is 0.320 e. The molecular formula is C10H7F6NO. The van der Waals surface area contributed by atoms with E-state index in [1.165, 1.54) is 12.2 Å². The zero-order chi connectivity index (χ0) is 14.1. The summed E-state index contributed by atoms with van der Waals surface area (Å²) in [4.78, 5) is 10.8. The van der Waals surface area contributed by atoms with E-state index >= 15 is 0 Å². The molecule has 18 heavy (non-hydrogen) atoms. The molecule has 2 nitrogen and oxygen atoms in total. The maximum atomic E-state index is 12.7. The Morgan fingerprint density at radius 2 is 1.72 bits per heavy atom. The maximum Gasteiger partial charge on any atom is 0.463 e. The van der Waals surface area contributed by atoms with Crippen molar-refractivity contribution in [2.24, 2.45) is 0 Å². The van der Waals surface area contributed by atoms with Crippen LogP contribution < -0.4 is 5.32 Å². The second-order valence-electron chi connectivity index (χ2n) is 3.49. The summed E-state index contributed by atoms with van der Waals surface area (Å²) in [7, 11) is 0. The average molecular weight is 271 g/mol. The molecule has 0 saturated carbocycles. The highest BCUT2D eigenvalue weighted by Crippen LogP contribution is 2.36. The zero-order valence-corrected chi connectivity index (χ0v) is 8.91. The molecule has 0 unspecified atom stereocenters. The predicted octanol–water partition coefficient (Wildman–Crippen LogP) is 3.27. The molecular weight excluding hydrogens is 264 g/mol. The molecule has 0 heterocycles. The third-order valence-electron chi connectivity index (χ3n) is 2.08. The summed E-state index contributed by atoms with van der Waals surface area (Å²) in [6, 6.07) is 2.62. The van der Waals surface area contributed by atoms with Gasteiger partial charge in [-0.05, 0) is 30.7 Å². The topological polar surface area (TPSA) is 29.1 Å². The van der Waals surface area contributed by atoms with Crippen molar-refractivity contribution in [2.45, 2.75) is 19.0 Å². The minimum Gasteiger partial charge on any atom is -0.320 e. The number of alkyl halides is 5. The number of hydrogen-bond acceptors (Lipinski definition) is 1. The summed E-state index contributed by atoms with van der Waals surface area (Å²) < 4.78 is 73.5. The summed E-state index contributed by atoms with van der Waals surface area (Å²) in [6.45, 7) is 1.25. The zero-order valence-electron chi connectivity index (χ0n) is 8.91. The Balaban J connectivity index is 2.95. The Bertz CT molecular complexity index is 468. The van der Waals surface area contributed by atoms with E-state index in [9.17, 15) is 31.1 Å². The van der Waals surface area contributed by atoms with E-state index in [2.05, 4.69) is 0 Å². The Labute approximate surface area is 97.6 Å². The Hall–Kier alpha value is -1.73. The summed E-state index contributed by atoms with van der Waals surface area (Å²) in [5, 5.41) is 1.41. The van der Waals surface area contributed by atoms with Gasteiger partial charge in [0, 0.05) is 5.69 Å². The van der Waals surface area contributed by atoms with Crippen LogP contribution in [0, 0.1) is 12.7 Å². The molecule has 0 radical (unpaired) electrons. The van der Waals surface area contributed by atoms with Crippen molar-refractivity contribution in [2.75, 3.05) is 5.32 Å². The van der Waals surface area contributed by atoms with E-state index in [0.717, 1.165) is 18.2 Å². The summed E-state index contributed by atoms with van der Waals surface area (Å²) >= 11 is 0. The molecule has 0 aliphatic carbocycles. The van der Waals surface area contributed by atoms with Crippen LogP contribution in [-0.4, -0.2) is 18.0 Å². The largest absolute Gasteiger partial charge is 0.463 e. The first-order valence-corrected chi connectivity index (χ1v) is 4.58. The molecule has 0 atom stereocenters. The monoisotopic (exact) mass is 271 g/mol. The lowest BCUT2D eigenvalue weighted by atomic mass is 10.2. The summed E-state index contributed by atoms with van der Waals surface area (Å²) in [6.07, 6.45) is -5.98. The number of amides is 1. The van der Waals surface area contributed by atoms with Crippen LogP contribution in [0.4, 0.5) is 32.0 Å². The van der Waals surface area contributed by atoms with Crippen LogP contribution in [0.5, 0.6) is 0 Å². The van der Waals surface area contributed by atoms with E-state index in [4.69, 9.17) is 0 Å². The Morgan fingerprint density at radius 1 is 1.17 bits per heavy atom. The van der Waals surface area contributed by atoms with Crippen molar-refractivity contribution in [3.63, 3.8) is 0 Å². The van der Waals surface area contributed by atoms with E-state index in [-0.39, 0.29) is 11.3 Å². The van der Waals surface area contributed by atoms with Crippen LogP contribution >= 0.6 is 0 Å². The molecule has 0 spiro atoms. The van der Waals surface area contributed by atoms with Gasteiger partial charge in [0.2, 0.25) is 0 Å². The van der Waals surface area contributed by atoms with Gasteiger partial charge >= 0.3 is 18.0 Å². The normalized spacial score (nSPS) is 12.4. The van der Waals surface area contributed by atoms with Gasteiger partial charge in [-0.3, -0.25) is 4.79 Å². The number of rotatable bonds is 2. The molecule has 0 bridgehead atoms. The number of halogens is 6. The van der Waals surface area contributed by atoms with Gasteiger partial charge in [0.05, 0.1) is 0 Å². The number of benzene rings is 1. The number of aryl methyl sites for hydroxylation is 1. The fraction of sp³-hybridized carbons (Fsp3) is 0.300. The van der Waals surface area contributed by atoms with E-state index < -0.39 is 23.8 Å². The van der Waals surface area contributed by atoms with Gasteiger partial charge in [0.25, 0.3) is 0 Å². The van der Waals surface area contributed by atoms with Crippen molar-refractivity contribution in [3.8, 4) is 0 Å². The minimum absolute atomic E-state index is 0.0290. The van der Waals surface area contributed by atoms with Crippen LogP contribution in [0.3, 0.4) is 0 Å². The van der Waals surface area contributed by atoms with Crippen LogP contribution in [0.25, 0.3) is 0 Å². The average Bonchev–Trinajstić information content (AvgIpc) is 2.20. The number of carbonyl (C=O) groups excluding carboxylic acids is 1. The van der Waals surface area contributed by atoms with Gasteiger partial charge in [-0.15, -0.1) is 0 Å². The number of hydrogen-bond donors (Lipinski definition) is 1. The minimum atomic E-state index is -5.98. The highest BCUT2D eigenvalue weighted by Gasteiger charge is 2.63. The van der Waals surface area contributed by atoms with Crippen molar-refractivity contribution in [1.29, 1.82) is 0 Å². The highest BCUT2D eigenvalue weighted by molar-refractivity contribution is 5.97. The predicted molar refractivity (Wildman–Crippen MR) is 50.8 cm³/mol. The number of nitrogens with one attached hydrogen (secondary N) is 1. The van der Waals surface area contributed by atoms with Crippen LogP contribution in [0.2, 0.25) is 0 Å². The number of carbonyl (C=O) groups is 1. The second kappa shape index (κ2) is 4.51. The SMILES string of the molecule is Cc1cc(F)ccc1NC(=O)C(F)(F)C(F)(F)F. The summed E-state index contributed by atoms with van der Waals surface area (Å²) in [5.41, 5.74) is -0.286. The van der Waals surface area contributed by atoms with Gasteiger partial charge in [0.15, 0.2) is 0 Å². The number of anilines is 1. The molecule has 1 aromatic carbocycles. The Morgan fingerprint density at radius 3 is 2.17 bits per heavy atom. The standard InChI is InChI=1S/C10H7F6NO/c1-5-4-6(11)2-3-7(5)17-8(18)9(12,13)10(14,15)16/h2-4H,1H3,(H,17,18). The fourth-order valence-corrected chi connectivity index (χ4v) is 1.10. The molecule has 1 aromatic rings. The molecule has 0 aliphatic rings. The fourth-order valence-electron chi connectivity index (χ4n) is 1.10. The van der Waals surface area contributed by atoms with Crippen LogP contribution in [0.15, 0.2) is 18.2 Å². The first kappa shape index (κ1) is 14.3. The molecule has 1 N–H and O–H groups in total. The van der Waals surface area contributed by atoms with Crippen LogP contribution in [-0.2, 0) is 4.79 Å². The van der Waals surface area contributed by atoms with Gasteiger partial charge < -0.3 is 5.32 Å². The Kier molecular flexibility index (Phi) is 3.59. The summed E-state index contributed by atoms with van der Waals surface area (Å²) in [5.74, 6) is -8.72. The lowest BCUT2D eigenvalue weighted by Crippen LogP contribution is -2.47. The maximum absolute atomic E-state index is 12.7. The van der Waals surface area contributed by atoms with E-state index in [1.54, 1.807) is 0 Å². The molecule has 1 amide bonds.